The molecule has 1 amide bonds. The standard InChI is InChI=1S/C17H14ClN5O2S2/c1-19-16-20-6-5-9(21-16)12-7-10(24)14(26-12)15(25)23-17-22-13-8(18)3-2-4-11(13)27-17/h2-7,10,14,24H,1H3,(H,19,20,21)(H,22,23,25). The lowest BCUT2D eigenvalue weighted by atomic mass is 10.2. The monoisotopic (exact) mass is 419 g/mol. The van der Waals surface area contributed by atoms with Gasteiger partial charge in [0.15, 0.2) is 5.13 Å². The number of thioether (sulfide) groups is 1. The summed E-state index contributed by atoms with van der Waals surface area (Å²) in [6.07, 6.45) is 2.34. The SMILES string of the molecule is CNc1nccc(C2=CC(O)C(C(=O)Nc3nc4c(Cl)cccc4s3)S2)n1. The molecule has 0 bridgehead atoms. The highest BCUT2D eigenvalue weighted by Gasteiger charge is 2.34. The molecule has 0 radical (unpaired) electrons. The third-order valence-electron chi connectivity index (χ3n) is 3.88. The number of halogens is 1. The number of thiazole rings is 1. The Morgan fingerprint density at radius 3 is 2.93 bits per heavy atom. The maximum atomic E-state index is 12.7. The Morgan fingerprint density at radius 1 is 1.30 bits per heavy atom. The van der Waals surface area contributed by atoms with Crippen LogP contribution < -0.4 is 10.6 Å². The van der Waals surface area contributed by atoms with Crippen LogP contribution in [0.5, 0.6) is 0 Å². The van der Waals surface area contributed by atoms with E-state index in [1.807, 2.05) is 12.1 Å². The Morgan fingerprint density at radius 2 is 2.15 bits per heavy atom. The molecule has 2 atom stereocenters. The van der Waals surface area contributed by atoms with Gasteiger partial charge in [-0.25, -0.2) is 15.0 Å². The van der Waals surface area contributed by atoms with Crippen molar-refractivity contribution in [2.45, 2.75) is 11.4 Å². The lowest BCUT2D eigenvalue weighted by Gasteiger charge is -2.12. The van der Waals surface area contributed by atoms with Gasteiger partial charge in [-0.3, -0.25) is 4.79 Å². The van der Waals surface area contributed by atoms with Gasteiger partial charge in [0.05, 0.1) is 21.5 Å². The largest absolute Gasteiger partial charge is 0.387 e. The molecule has 3 N–H and O–H groups in total. The van der Waals surface area contributed by atoms with Crippen LogP contribution in [0.1, 0.15) is 5.69 Å². The van der Waals surface area contributed by atoms with Crippen molar-refractivity contribution in [2.24, 2.45) is 0 Å². The van der Waals surface area contributed by atoms with Crippen molar-refractivity contribution >= 4 is 66.8 Å². The zero-order chi connectivity index (χ0) is 19.0. The van der Waals surface area contributed by atoms with E-state index < -0.39 is 11.4 Å². The van der Waals surface area contributed by atoms with Crippen LogP contribution in [-0.2, 0) is 4.79 Å². The summed E-state index contributed by atoms with van der Waals surface area (Å²) < 4.78 is 0.886. The predicted octanol–water partition coefficient (Wildman–Crippen LogP) is 3.24. The van der Waals surface area contributed by atoms with Crippen molar-refractivity contribution in [3.63, 3.8) is 0 Å². The number of hydrogen-bond donors (Lipinski definition) is 3. The number of fused-ring (bicyclic) bond motifs is 1. The van der Waals surface area contributed by atoms with Crippen molar-refractivity contribution in [1.82, 2.24) is 15.0 Å². The summed E-state index contributed by atoms with van der Waals surface area (Å²) in [5.41, 5.74) is 1.30. The molecule has 2 aromatic heterocycles. The highest BCUT2D eigenvalue weighted by atomic mass is 35.5. The number of nitrogens with one attached hydrogen (secondary N) is 2. The van der Waals surface area contributed by atoms with Crippen LogP contribution in [-0.4, -0.2) is 44.4 Å². The number of aliphatic hydroxyl groups is 1. The summed E-state index contributed by atoms with van der Waals surface area (Å²) >= 11 is 8.73. The minimum absolute atomic E-state index is 0.322. The molecule has 7 nitrogen and oxygen atoms in total. The van der Waals surface area contributed by atoms with E-state index in [1.54, 1.807) is 31.5 Å². The quantitative estimate of drug-likeness (QED) is 0.596. The Bertz CT molecular complexity index is 1050. The summed E-state index contributed by atoms with van der Waals surface area (Å²) in [7, 11) is 1.73. The first-order valence-corrected chi connectivity index (χ1v) is 10.1. The summed E-state index contributed by atoms with van der Waals surface area (Å²) in [5, 5.41) is 16.3. The zero-order valence-electron chi connectivity index (χ0n) is 14.0. The van der Waals surface area contributed by atoms with Gasteiger partial charge in [0.1, 0.15) is 10.8 Å². The van der Waals surface area contributed by atoms with Crippen LogP contribution in [0.4, 0.5) is 11.1 Å². The maximum absolute atomic E-state index is 12.7. The minimum Gasteiger partial charge on any atom is -0.387 e. The van der Waals surface area contributed by atoms with Crippen molar-refractivity contribution in [2.75, 3.05) is 17.7 Å². The van der Waals surface area contributed by atoms with Gasteiger partial charge in [-0.05, 0) is 24.3 Å². The number of aromatic nitrogens is 3. The lowest BCUT2D eigenvalue weighted by Crippen LogP contribution is -2.32. The number of para-hydroxylation sites is 1. The van der Waals surface area contributed by atoms with Crippen molar-refractivity contribution in [1.29, 1.82) is 0 Å². The molecule has 3 aromatic rings. The predicted molar refractivity (Wildman–Crippen MR) is 110 cm³/mol. The lowest BCUT2D eigenvalue weighted by molar-refractivity contribution is -0.116. The molecule has 138 valence electrons. The maximum Gasteiger partial charge on any atom is 0.242 e. The smallest absolute Gasteiger partial charge is 0.242 e. The highest BCUT2D eigenvalue weighted by molar-refractivity contribution is 8.09. The summed E-state index contributed by atoms with van der Waals surface area (Å²) in [6, 6.07) is 7.22. The molecule has 0 fully saturated rings. The minimum atomic E-state index is -0.920. The number of amides is 1. The van der Waals surface area contributed by atoms with Crippen molar-refractivity contribution < 1.29 is 9.90 Å². The number of carbonyl (C=O) groups excluding carboxylic acids is 1. The zero-order valence-corrected chi connectivity index (χ0v) is 16.4. The van der Waals surface area contributed by atoms with Gasteiger partial charge in [0.2, 0.25) is 11.9 Å². The number of nitrogens with zero attached hydrogens (tertiary/aromatic N) is 3. The van der Waals surface area contributed by atoms with Crippen LogP contribution in [0.2, 0.25) is 5.02 Å². The fourth-order valence-electron chi connectivity index (χ4n) is 2.60. The molecule has 3 heterocycles. The van der Waals surface area contributed by atoms with E-state index in [9.17, 15) is 9.90 Å². The van der Waals surface area contributed by atoms with Crippen LogP contribution >= 0.6 is 34.7 Å². The van der Waals surface area contributed by atoms with E-state index in [4.69, 9.17) is 11.6 Å². The van der Waals surface area contributed by atoms with E-state index in [-0.39, 0.29) is 5.91 Å². The average molecular weight is 420 g/mol. The third kappa shape index (κ3) is 3.63. The number of hydrogen-bond acceptors (Lipinski definition) is 8. The second-order valence-electron chi connectivity index (χ2n) is 5.67. The number of rotatable bonds is 4. The molecule has 0 spiro atoms. The Kier molecular flexibility index (Phi) is 5.00. The fraction of sp³-hybridized carbons (Fsp3) is 0.176. The third-order valence-corrected chi connectivity index (χ3v) is 6.46. The highest BCUT2D eigenvalue weighted by Crippen LogP contribution is 2.40. The first-order chi connectivity index (χ1) is 13.0. The van der Waals surface area contributed by atoms with E-state index in [1.165, 1.54) is 23.1 Å². The van der Waals surface area contributed by atoms with Crippen molar-refractivity contribution in [3.05, 3.63) is 47.3 Å². The van der Waals surface area contributed by atoms with E-state index in [0.29, 0.717) is 27.3 Å². The number of aliphatic hydroxyl groups excluding tert-OH is 1. The molecule has 0 saturated carbocycles. The Balaban J connectivity index is 1.50. The van der Waals surface area contributed by atoms with Gasteiger partial charge in [-0.2, -0.15) is 0 Å². The second kappa shape index (κ2) is 7.43. The summed E-state index contributed by atoms with van der Waals surface area (Å²) in [4.78, 5) is 26.2. The second-order valence-corrected chi connectivity index (χ2v) is 8.29. The fourth-order valence-corrected chi connectivity index (χ4v) is 4.88. The van der Waals surface area contributed by atoms with Crippen LogP contribution in [0, 0.1) is 0 Å². The Labute approximate surface area is 167 Å². The van der Waals surface area contributed by atoms with Gasteiger partial charge in [0.25, 0.3) is 0 Å². The summed E-state index contributed by atoms with van der Waals surface area (Å²) in [6.45, 7) is 0. The van der Waals surface area contributed by atoms with Gasteiger partial charge in [0, 0.05) is 18.1 Å². The van der Waals surface area contributed by atoms with Crippen LogP contribution in [0.25, 0.3) is 15.1 Å². The molecule has 27 heavy (non-hydrogen) atoms. The molecule has 0 saturated heterocycles. The number of benzene rings is 1. The molecule has 1 aliphatic heterocycles. The molecule has 1 aliphatic rings. The van der Waals surface area contributed by atoms with Gasteiger partial charge in [-0.15, -0.1) is 11.8 Å². The van der Waals surface area contributed by atoms with Gasteiger partial charge < -0.3 is 15.7 Å². The molecule has 10 heteroatoms. The average Bonchev–Trinajstić information content (AvgIpc) is 3.26. The van der Waals surface area contributed by atoms with Crippen LogP contribution in [0.3, 0.4) is 0 Å². The number of carbonyl (C=O) groups is 1. The molecular formula is C17H14ClN5O2S2. The number of anilines is 2. The van der Waals surface area contributed by atoms with E-state index in [0.717, 1.165) is 9.61 Å². The van der Waals surface area contributed by atoms with E-state index >= 15 is 0 Å². The molecule has 1 aromatic carbocycles. The van der Waals surface area contributed by atoms with Crippen molar-refractivity contribution in [3.8, 4) is 0 Å². The first kappa shape index (κ1) is 18.2. The van der Waals surface area contributed by atoms with E-state index in [2.05, 4.69) is 25.6 Å². The summed E-state index contributed by atoms with van der Waals surface area (Å²) in [5.74, 6) is 0.152. The molecule has 2 unspecified atom stereocenters. The normalized spacial score (nSPS) is 19.1. The Hall–Kier alpha value is -2.20. The molecule has 0 aliphatic carbocycles. The van der Waals surface area contributed by atoms with Gasteiger partial charge in [-0.1, -0.05) is 29.0 Å². The molecular weight excluding hydrogens is 406 g/mol. The molecule has 4 rings (SSSR count). The topological polar surface area (TPSA) is 100 Å². The van der Waals surface area contributed by atoms with Crippen LogP contribution in [0.15, 0.2) is 36.5 Å². The van der Waals surface area contributed by atoms with Gasteiger partial charge >= 0.3 is 0 Å². The first-order valence-electron chi connectivity index (χ1n) is 7.99.